The third-order valence-corrected chi connectivity index (χ3v) is 2.95. The van der Waals surface area contributed by atoms with Crippen LogP contribution >= 0.6 is 11.6 Å². The van der Waals surface area contributed by atoms with Gasteiger partial charge in [-0.05, 0) is 35.4 Å². The number of nitrogens with two attached hydrogens (primary N) is 1. The van der Waals surface area contributed by atoms with Crippen molar-refractivity contribution >= 4 is 23.1 Å². The summed E-state index contributed by atoms with van der Waals surface area (Å²) >= 11 is 5.57. The van der Waals surface area contributed by atoms with Crippen molar-refractivity contribution in [1.82, 2.24) is 0 Å². The molecule has 22 heavy (non-hydrogen) atoms. The average Bonchev–Trinajstić information content (AvgIpc) is 2.46. The molecule has 2 aromatic carbocycles. The van der Waals surface area contributed by atoms with E-state index in [1.54, 1.807) is 18.2 Å². The van der Waals surface area contributed by atoms with Gasteiger partial charge in [0.05, 0.1) is 11.6 Å². The normalized spacial score (nSPS) is 12.3. The number of amidine groups is 1. The summed E-state index contributed by atoms with van der Waals surface area (Å²) in [7, 11) is 0. The highest BCUT2D eigenvalue weighted by molar-refractivity contribution is 6.28. The molecule has 0 heterocycles. The van der Waals surface area contributed by atoms with Gasteiger partial charge in [-0.3, -0.25) is 0 Å². The van der Waals surface area contributed by atoms with Crippen LogP contribution in [0, 0.1) is 0 Å². The molecule has 0 unspecified atom stereocenters. The van der Waals surface area contributed by atoms with Crippen molar-refractivity contribution in [3.63, 3.8) is 0 Å². The van der Waals surface area contributed by atoms with Crippen LogP contribution in [0.25, 0.3) is 11.1 Å². The third-order valence-electron chi connectivity index (χ3n) is 2.68. The minimum absolute atomic E-state index is 0.119. The van der Waals surface area contributed by atoms with Crippen molar-refractivity contribution in [3.8, 4) is 16.9 Å². The van der Waals surface area contributed by atoms with Gasteiger partial charge in [-0.1, -0.05) is 24.3 Å². The van der Waals surface area contributed by atoms with E-state index in [4.69, 9.17) is 17.3 Å². The number of aliphatic imine (C=N–C) groups is 1. The molecule has 0 aromatic heterocycles. The Morgan fingerprint density at radius 2 is 1.77 bits per heavy atom. The lowest BCUT2D eigenvalue weighted by atomic mass is 10.1. The van der Waals surface area contributed by atoms with Crippen LogP contribution in [-0.2, 0) is 0 Å². The Kier molecular flexibility index (Phi) is 4.92. The van der Waals surface area contributed by atoms with Crippen molar-refractivity contribution in [2.45, 2.75) is 6.36 Å². The van der Waals surface area contributed by atoms with Gasteiger partial charge in [0.2, 0.25) is 0 Å². The summed E-state index contributed by atoms with van der Waals surface area (Å²) < 4.78 is 40.2. The zero-order valence-corrected chi connectivity index (χ0v) is 12.0. The molecule has 2 aromatic rings. The summed E-state index contributed by atoms with van der Waals surface area (Å²) in [4.78, 5) is 4.12. The van der Waals surface area contributed by atoms with E-state index in [1.165, 1.54) is 24.3 Å². The van der Waals surface area contributed by atoms with Gasteiger partial charge >= 0.3 is 6.36 Å². The van der Waals surface area contributed by atoms with Crippen LogP contribution in [0.2, 0.25) is 0 Å². The molecule has 0 spiro atoms. The molecule has 0 aliphatic heterocycles. The molecule has 0 saturated carbocycles. The number of nitrogens with zero attached hydrogens (tertiary/aromatic N) is 1. The average molecular weight is 329 g/mol. The summed E-state index contributed by atoms with van der Waals surface area (Å²) in [6.45, 7) is 0. The highest BCUT2D eigenvalue weighted by Crippen LogP contribution is 2.28. The first-order valence-electron chi connectivity index (χ1n) is 6.22. The van der Waals surface area contributed by atoms with Crippen molar-refractivity contribution < 1.29 is 17.9 Å². The molecule has 0 bridgehead atoms. The first-order valence-corrected chi connectivity index (χ1v) is 6.76. The maximum absolute atomic E-state index is 12.1. The largest absolute Gasteiger partial charge is 0.573 e. The molecule has 116 valence electrons. The lowest BCUT2D eigenvalue weighted by Crippen LogP contribution is -2.16. The van der Waals surface area contributed by atoms with Crippen LogP contribution < -0.4 is 10.5 Å². The molecule has 0 amide bonds. The fourth-order valence-electron chi connectivity index (χ4n) is 1.80. The number of alkyl halides is 4. The van der Waals surface area contributed by atoms with Crippen LogP contribution in [0.3, 0.4) is 0 Å². The maximum Gasteiger partial charge on any atom is 0.573 e. The first-order chi connectivity index (χ1) is 10.4. The topological polar surface area (TPSA) is 47.6 Å². The van der Waals surface area contributed by atoms with Crippen LogP contribution in [-0.4, -0.2) is 18.1 Å². The van der Waals surface area contributed by atoms with E-state index >= 15 is 0 Å². The van der Waals surface area contributed by atoms with Gasteiger partial charge in [-0.25, -0.2) is 4.99 Å². The minimum Gasteiger partial charge on any atom is -0.406 e. The quantitative estimate of drug-likeness (QED) is 0.511. The number of ether oxygens (including phenoxy) is 1. The standard InChI is InChI=1S/C15H12ClF3N2O/c16-9-14(20)21-12-3-1-2-11(8-12)10-4-6-13(7-5-10)22-15(17,18)19/h1-8H,9H2,(H2,20,21). The number of hydrogen-bond donors (Lipinski definition) is 1. The molecule has 0 radical (unpaired) electrons. The minimum atomic E-state index is -4.70. The summed E-state index contributed by atoms with van der Waals surface area (Å²) in [6.07, 6.45) is -4.70. The second-order valence-electron chi connectivity index (χ2n) is 4.36. The highest BCUT2D eigenvalue weighted by atomic mass is 35.5. The molecular formula is C15H12ClF3N2O. The third kappa shape index (κ3) is 4.66. The Morgan fingerprint density at radius 1 is 1.09 bits per heavy atom. The van der Waals surface area contributed by atoms with Gasteiger partial charge in [0.1, 0.15) is 11.6 Å². The van der Waals surface area contributed by atoms with Gasteiger partial charge in [-0.2, -0.15) is 0 Å². The van der Waals surface area contributed by atoms with Gasteiger partial charge < -0.3 is 10.5 Å². The summed E-state index contributed by atoms with van der Waals surface area (Å²) in [5, 5.41) is 0. The van der Waals surface area contributed by atoms with Crippen LogP contribution in [0.15, 0.2) is 53.5 Å². The van der Waals surface area contributed by atoms with Crippen molar-refractivity contribution in [2.75, 3.05) is 5.88 Å². The molecule has 3 nitrogen and oxygen atoms in total. The Morgan fingerprint density at radius 3 is 2.36 bits per heavy atom. The van der Waals surface area contributed by atoms with E-state index < -0.39 is 6.36 Å². The predicted molar refractivity (Wildman–Crippen MR) is 80.6 cm³/mol. The van der Waals surface area contributed by atoms with Gasteiger partial charge in [-0.15, -0.1) is 24.8 Å². The van der Waals surface area contributed by atoms with Crippen molar-refractivity contribution in [3.05, 3.63) is 48.5 Å². The summed E-state index contributed by atoms with van der Waals surface area (Å²) in [6, 6.07) is 12.7. The van der Waals surface area contributed by atoms with Gasteiger partial charge in [0, 0.05) is 0 Å². The SMILES string of the molecule is NC(CCl)=Nc1cccc(-c2ccc(OC(F)(F)F)cc2)c1. The van der Waals surface area contributed by atoms with Gasteiger partial charge in [0.25, 0.3) is 0 Å². The zero-order chi connectivity index (χ0) is 16.2. The van der Waals surface area contributed by atoms with Crippen LogP contribution in [0.1, 0.15) is 0 Å². The lowest BCUT2D eigenvalue weighted by molar-refractivity contribution is -0.274. The Labute approximate surface area is 130 Å². The Balaban J connectivity index is 2.23. The number of rotatable bonds is 4. The first kappa shape index (κ1) is 16.2. The predicted octanol–water partition coefficient (Wildman–Crippen LogP) is 4.48. The smallest absolute Gasteiger partial charge is 0.406 e. The van der Waals surface area contributed by atoms with Crippen molar-refractivity contribution in [2.24, 2.45) is 10.7 Å². The van der Waals surface area contributed by atoms with E-state index in [0.717, 1.165) is 11.1 Å². The lowest BCUT2D eigenvalue weighted by Gasteiger charge is -2.09. The fraction of sp³-hybridized carbons (Fsp3) is 0.133. The molecule has 2 rings (SSSR count). The Hall–Kier alpha value is -2.21. The summed E-state index contributed by atoms with van der Waals surface area (Å²) in [5.41, 5.74) is 7.71. The van der Waals surface area contributed by atoms with E-state index in [1.807, 2.05) is 6.07 Å². The van der Waals surface area contributed by atoms with E-state index in [9.17, 15) is 13.2 Å². The molecule has 7 heteroatoms. The molecular weight excluding hydrogens is 317 g/mol. The molecule has 2 N–H and O–H groups in total. The van der Waals surface area contributed by atoms with Crippen molar-refractivity contribution in [1.29, 1.82) is 0 Å². The second-order valence-corrected chi connectivity index (χ2v) is 4.63. The van der Waals surface area contributed by atoms with Crippen LogP contribution in [0.5, 0.6) is 5.75 Å². The second kappa shape index (κ2) is 6.70. The van der Waals surface area contributed by atoms with Gasteiger partial charge in [0.15, 0.2) is 0 Å². The molecule has 0 saturated heterocycles. The monoisotopic (exact) mass is 328 g/mol. The molecule has 0 fully saturated rings. The Bertz CT molecular complexity index is 669. The molecule has 0 aliphatic carbocycles. The van der Waals surface area contributed by atoms with Crippen LogP contribution in [0.4, 0.5) is 18.9 Å². The van der Waals surface area contributed by atoms with E-state index in [0.29, 0.717) is 5.69 Å². The van der Waals surface area contributed by atoms with E-state index in [2.05, 4.69) is 9.73 Å². The number of benzene rings is 2. The molecule has 0 atom stereocenters. The highest BCUT2D eigenvalue weighted by Gasteiger charge is 2.30. The van der Waals surface area contributed by atoms with E-state index in [-0.39, 0.29) is 17.5 Å². The summed E-state index contributed by atoms with van der Waals surface area (Å²) in [5.74, 6) is 0.137. The number of hydrogen-bond acceptors (Lipinski definition) is 2. The fourth-order valence-corrected chi connectivity index (χ4v) is 1.86. The molecule has 0 aliphatic rings. The number of halogens is 4. The zero-order valence-electron chi connectivity index (χ0n) is 11.3. The maximum atomic E-state index is 12.1.